The zero-order chi connectivity index (χ0) is 10.1. The van der Waals surface area contributed by atoms with E-state index in [1.807, 2.05) is 6.92 Å². The van der Waals surface area contributed by atoms with Gasteiger partial charge in [0.05, 0.1) is 0 Å². The predicted octanol–water partition coefficient (Wildman–Crippen LogP) is 1.60. The van der Waals surface area contributed by atoms with Gasteiger partial charge in [0.2, 0.25) is 11.8 Å². The van der Waals surface area contributed by atoms with Crippen LogP contribution in [0.2, 0.25) is 0 Å². The second-order valence-electron chi connectivity index (χ2n) is 3.03. The number of aromatic nitrogens is 2. The van der Waals surface area contributed by atoms with Crippen LogP contribution in [0.25, 0.3) is 11.0 Å². The van der Waals surface area contributed by atoms with Gasteiger partial charge in [-0.3, -0.25) is 0 Å². The van der Waals surface area contributed by atoms with Gasteiger partial charge in [-0.2, -0.15) is 9.97 Å². The molecule has 2 aromatic rings. The van der Waals surface area contributed by atoms with Gasteiger partial charge in [-0.1, -0.05) is 6.92 Å². The van der Waals surface area contributed by atoms with Crippen LogP contribution in [0.5, 0.6) is 11.8 Å². The molecule has 0 saturated carbocycles. The van der Waals surface area contributed by atoms with Gasteiger partial charge >= 0.3 is 0 Å². The van der Waals surface area contributed by atoms with Crippen molar-refractivity contribution >= 4 is 11.0 Å². The molecule has 0 aromatic carbocycles. The zero-order valence-corrected chi connectivity index (χ0v) is 7.73. The molecule has 0 aliphatic heterocycles. The monoisotopic (exact) mass is 190 g/mol. The van der Waals surface area contributed by atoms with Crippen LogP contribution in [0.15, 0.2) is 18.2 Å². The lowest BCUT2D eigenvalue weighted by Gasteiger charge is -2.03. The molecule has 4 nitrogen and oxygen atoms in total. The Morgan fingerprint density at radius 3 is 2.57 bits per heavy atom. The third kappa shape index (κ3) is 1.35. The molecule has 2 rings (SSSR count). The minimum atomic E-state index is -0.0855. The van der Waals surface area contributed by atoms with Gasteiger partial charge in [0.25, 0.3) is 0 Å². The Kier molecular flexibility index (Phi) is 1.96. The molecule has 0 aliphatic carbocycles. The second-order valence-corrected chi connectivity index (χ2v) is 3.03. The molecular formula is C10H10N2O2. The van der Waals surface area contributed by atoms with E-state index in [1.54, 1.807) is 12.1 Å². The fraction of sp³-hybridized carbons (Fsp3) is 0.200. The van der Waals surface area contributed by atoms with Gasteiger partial charge in [0.15, 0.2) is 5.65 Å². The van der Waals surface area contributed by atoms with Crippen LogP contribution in [0.1, 0.15) is 12.5 Å². The SMILES string of the molecule is CCc1cc(O)nc2nc(O)ccc12. The fourth-order valence-corrected chi connectivity index (χ4v) is 1.44. The Morgan fingerprint density at radius 1 is 1.14 bits per heavy atom. The summed E-state index contributed by atoms with van der Waals surface area (Å²) in [6.07, 6.45) is 0.791. The minimum absolute atomic E-state index is 0.0625. The Labute approximate surface area is 80.9 Å². The zero-order valence-electron chi connectivity index (χ0n) is 7.73. The van der Waals surface area contributed by atoms with Crippen LogP contribution in [0, 0.1) is 0 Å². The first kappa shape index (κ1) is 8.74. The second kappa shape index (κ2) is 3.14. The van der Waals surface area contributed by atoms with E-state index in [0.29, 0.717) is 5.65 Å². The van der Waals surface area contributed by atoms with E-state index in [0.717, 1.165) is 17.4 Å². The van der Waals surface area contributed by atoms with Crippen molar-refractivity contribution in [1.29, 1.82) is 0 Å². The molecule has 0 aliphatic rings. The molecule has 0 radical (unpaired) electrons. The third-order valence-corrected chi connectivity index (χ3v) is 2.11. The quantitative estimate of drug-likeness (QED) is 0.716. The number of pyridine rings is 2. The summed E-state index contributed by atoms with van der Waals surface area (Å²) in [5.41, 5.74) is 1.35. The summed E-state index contributed by atoms with van der Waals surface area (Å²) < 4.78 is 0. The van der Waals surface area contributed by atoms with E-state index >= 15 is 0 Å². The van der Waals surface area contributed by atoms with Gasteiger partial charge in [-0.25, -0.2) is 0 Å². The summed E-state index contributed by atoms with van der Waals surface area (Å²) in [6.45, 7) is 1.99. The number of hydrogen-bond donors (Lipinski definition) is 2. The Balaban J connectivity index is 2.81. The number of nitrogens with zero attached hydrogens (tertiary/aromatic N) is 2. The lowest BCUT2D eigenvalue weighted by Crippen LogP contribution is -1.90. The predicted molar refractivity (Wildman–Crippen MR) is 52.2 cm³/mol. The molecule has 0 saturated heterocycles. The topological polar surface area (TPSA) is 66.2 Å². The summed E-state index contributed by atoms with van der Waals surface area (Å²) in [4.78, 5) is 7.66. The van der Waals surface area contributed by atoms with Crippen molar-refractivity contribution < 1.29 is 10.2 Å². The Hall–Kier alpha value is -1.84. The molecule has 14 heavy (non-hydrogen) atoms. The van der Waals surface area contributed by atoms with Crippen molar-refractivity contribution in [3.63, 3.8) is 0 Å². The molecule has 2 aromatic heterocycles. The van der Waals surface area contributed by atoms with E-state index < -0.39 is 0 Å². The van der Waals surface area contributed by atoms with Crippen LogP contribution in [0.4, 0.5) is 0 Å². The van der Waals surface area contributed by atoms with E-state index in [9.17, 15) is 5.11 Å². The van der Waals surface area contributed by atoms with E-state index in [2.05, 4.69) is 9.97 Å². The van der Waals surface area contributed by atoms with Crippen LogP contribution in [-0.2, 0) is 6.42 Å². The van der Waals surface area contributed by atoms with Crippen LogP contribution in [-0.4, -0.2) is 20.2 Å². The average molecular weight is 190 g/mol. The molecule has 0 unspecified atom stereocenters. The van der Waals surface area contributed by atoms with Gasteiger partial charge in [0.1, 0.15) is 0 Å². The first-order valence-corrected chi connectivity index (χ1v) is 4.39. The van der Waals surface area contributed by atoms with Crippen molar-refractivity contribution in [3.8, 4) is 11.8 Å². The average Bonchev–Trinajstić information content (AvgIpc) is 2.15. The molecule has 0 bridgehead atoms. The molecule has 72 valence electrons. The summed E-state index contributed by atoms with van der Waals surface area (Å²) in [7, 11) is 0. The first-order chi connectivity index (χ1) is 6.70. The summed E-state index contributed by atoms with van der Waals surface area (Å²) in [5.74, 6) is -0.148. The molecule has 0 amide bonds. The maximum atomic E-state index is 9.30. The van der Waals surface area contributed by atoms with Crippen LogP contribution >= 0.6 is 0 Å². The maximum Gasteiger partial charge on any atom is 0.213 e. The van der Waals surface area contributed by atoms with Crippen molar-refractivity contribution in [2.45, 2.75) is 13.3 Å². The third-order valence-electron chi connectivity index (χ3n) is 2.11. The van der Waals surface area contributed by atoms with Gasteiger partial charge < -0.3 is 10.2 Å². The lowest BCUT2D eigenvalue weighted by atomic mass is 10.1. The van der Waals surface area contributed by atoms with Crippen molar-refractivity contribution in [1.82, 2.24) is 9.97 Å². The normalized spacial score (nSPS) is 10.6. The van der Waals surface area contributed by atoms with Crippen molar-refractivity contribution in [2.24, 2.45) is 0 Å². The summed E-state index contributed by atoms with van der Waals surface area (Å²) in [6, 6.07) is 4.88. The summed E-state index contributed by atoms with van der Waals surface area (Å²) in [5, 5.41) is 19.3. The Bertz CT molecular complexity index is 478. The van der Waals surface area contributed by atoms with Crippen LogP contribution < -0.4 is 0 Å². The molecule has 0 spiro atoms. The number of hydrogen-bond acceptors (Lipinski definition) is 4. The highest BCUT2D eigenvalue weighted by Crippen LogP contribution is 2.22. The van der Waals surface area contributed by atoms with Gasteiger partial charge in [0, 0.05) is 17.5 Å². The standard InChI is InChI=1S/C10H10N2O2/c1-2-6-5-9(14)12-10-7(6)3-4-8(13)11-10/h3-5H,2H2,1H3,(H2,11,12,13,14). The molecule has 2 heterocycles. The van der Waals surface area contributed by atoms with Crippen molar-refractivity contribution in [2.75, 3.05) is 0 Å². The number of aromatic hydroxyl groups is 2. The van der Waals surface area contributed by atoms with Crippen LogP contribution in [0.3, 0.4) is 0 Å². The van der Waals surface area contributed by atoms with Gasteiger partial charge in [-0.05, 0) is 18.1 Å². The molecular weight excluding hydrogens is 180 g/mol. The number of fused-ring (bicyclic) bond motifs is 1. The van der Waals surface area contributed by atoms with E-state index in [1.165, 1.54) is 6.07 Å². The Morgan fingerprint density at radius 2 is 1.86 bits per heavy atom. The molecule has 0 atom stereocenters. The highest BCUT2D eigenvalue weighted by Gasteiger charge is 2.05. The summed E-state index contributed by atoms with van der Waals surface area (Å²) >= 11 is 0. The van der Waals surface area contributed by atoms with Gasteiger partial charge in [-0.15, -0.1) is 0 Å². The molecule has 4 heteroatoms. The first-order valence-electron chi connectivity index (χ1n) is 4.39. The lowest BCUT2D eigenvalue weighted by molar-refractivity contribution is 0.449. The maximum absolute atomic E-state index is 9.30. The smallest absolute Gasteiger partial charge is 0.213 e. The van der Waals surface area contributed by atoms with E-state index in [4.69, 9.17) is 5.11 Å². The number of rotatable bonds is 1. The highest BCUT2D eigenvalue weighted by molar-refractivity contribution is 5.79. The van der Waals surface area contributed by atoms with E-state index in [-0.39, 0.29) is 11.8 Å². The number of aryl methyl sites for hydroxylation is 1. The fourth-order valence-electron chi connectivity index (χ4n) is 1.44. The highest BCUT2D eigenvalue weighted by atomic mass is 16.3. The largest absolute Gasteiger partial charge is 0.493 e. The minimum Gasteiger partial charge on any atom is -0.493 e. The van der Waals surface area contributed by atoms with Crippen molar-refractivity contribution in [3.05, 3.63) is 23.8 Å². The molecule has 2 N–H and O–H groups in total. The molecule has 0 fully saturated rings.